The summed E-state index contributed by atoms with van der Waals surface area (Å²) in [6.07, 6.45) is 0.777. The van der Waals surface area contributed by atoms with Crippen molar-refractivity contribution in [1.82, 2.24) is 0 Å². The monoisotopic (exact) mass is 277 g/mol. The van der Waals surface area contributed by atoms with Crippen molar-refractivity contribution in [3.63, 3.8) is 0 Å². The number of thiophene rings is 1. The predicted molar refractivity (Wildman–Crippen MR) is 66.2 cm³/mol. The molecule has 0 aliphatic carbocycles. The third kappa shape index (κ3) is 2.72. The lowest BCUT2D eigenvalue weighted by atomic mass is 10.00. The van der Waals surface area contributed by atoms with Gasteiger partial charge in [0.05, 0.1) is 8.79 Å². The van der Waals surface area contributed by atoms with E-state index in [9.17, 15) is 0 Å². The summed E-state index contributed by atoms with van der Waals surface area (Å²) in [6.45, 7) is 4.50. The molecule has 0 spiro atoms. The van der Waals surface area contributed by atoms with Crippen LogP contribution in [0.5, 0.6) is 0 Å². The first kappa shape index (κ1) is 12.0. The molecule has 14 heavy (non-hydrogen) atoms. The normalized spacial score (nSPS) is 11.8. The third-order valence-electron chi connectivity index (χ3n) is 2.52. The highest BCUT2D eigenvalue weighted by Crippen LogP contribution is 2.33. The van der Waals surface area contributed by atoms with Crippen molar-refractivity contribution in [2.45, 2.75) is 25.8 Å². The predicted octanol–water partition coefficient (Wildman–Crippen LogP) is 3.11. The first-order valence-electron chi connectivity index (χ1n) is 4.57. The van der Waals surface area contributed by atoms with Crippen molar-refractivity contribution in [2.24, 2.45) is 0 Å². The van der Waals surface area contributed by atoms with Gasteiger partial charge in [0.25, 0.3) is 0 Å². The molecule has 0 aliphatic heterocycles. The molecule has 4 heteroatoms. The molecule has 0 aromatic carbocycles. The van der Waals surface area contributed by atoms with Crippen LogP contribution in [0.2, 0.25) is 0 Å². The third-order valence-corrected chi connectivity index (χ3v) is 4.22. The average Bonchev–Trinajstić information content (AvgIpc) is 2.50. The lowest BCUT2D eigenvalue weighted by molar-refractivity contribution is 0.250. The van der Waals surface area contributed by atoms with Crippen molar-refractivity contribution < 1.29 is 5.11 Å². The number of hydrogen-bond donors (Lipinski definition) is 1. The quantitative estimate of drug-likeness (QED) is 0.914. The first-order chi connectivity index (χ1) is 6.47. The summed E-state index contributed by atoms with van der Waals surface area (Å²) in [5, 5.41) is 10.2. The molecule has 0 saturated heterocycles. The number of aliphatic hydroxyl groups excluding tert-OH is 1. The highest BCUT2D eigenvalue weighted by Gasteiger charge is 2.23. The van der Waals surface area contributed by atoms with E-state index in [1.807, 2.05) is 6.07 Å². The molecule has 0 radical (unpaired) electrons. The van der Waals surface area contributed by atoms with Gasteiger partial charge >= 0.3 is 0 Å². The van der Waals surface area contributed by atoms with Crippen molar-refractivity contribution >= 4 is 32.3 Å². The Morgan fingerprint density at radius 1 is 1.50 bits per heavy atom. The lowest BCUT2D eigenvalue weighted by Crippen LogP contribution is -2.41. The second kappa shape index (κ2) is 4.64. The largest absolute Gasteiger partial charge is 0.396 e. The standard InChI is InChI=1S/C10H16BrNOS/c1-10(2,6-7-13)12(3)9-5-4-8(11)14-9/h4-5,13H,6-7H2,1-3H3. The van der Waals surface area contributed by atoms with Crippen LogP contribution in [-0.2, 0) is 0 Å². The molecule has 1 rings (SSSR count). The van der Waals surface area contributed by atoms with Crippen LogP contribution >= 0.6 is 27.3 Å². The molecule has 2 nitrogen and oxygen atoms in total. The number of anilines is 1. The van der Waals surface area contributed by atoms with Gasteiger partial charge in [-0.3, -0.25) is 0 Å². The Hall–Kier alpha value is -0.0600. The molecular weight excluding hydrogens is 262 g/mol. The van der Waals surface area contributed by atoms with E-state index in [1.54, 1.807) is 11.3 Å². The zero-order valence-electron chi connectivity index (χ0n) is 8.75. The van der Waals surface area contributed by atoms with Gasteiger partial charge in [-0.2, -0.15) is 0 Å². The van der Waals surface area contributed by atoms with Crippen molar-refractivity contribution in [2.75, 3.05) is 18.6 Å². The minimum absolute atomic E-state index is 0.000949. The Kier molecular flexibility index (Phi) is 3.98. The van der Waals surface area contributed by atoms with E-state index in [-0.39, 0.29) is 12.1 Å². The smallest absolute Gasteiger partial charge is 0.0922 e. The van der Waals surface area contributed by atoms with Gasteiger partial charge in [-0.05, 0) is 48.3 Å². The number of hydrogen-bond acceptors (Lipinski definition) is 3. The van der Waals surface area contributed by atoms with Crippen molar-refractivity contribution in [1.29, 1.82) is 0 Å². The van der Waals surface area contributed by atoms with Gasteiger partial charge in [-0.25, -0.2) is 0 Å². The maximum absolute atomic E-state index is 8.97. The minimum atomic E-state index is -0.000949. The van der Waals surface area contributed by atoms with Gasteiger partial charge in [0.1, 0.15) is 0 Å². The molecule has 1 N–H and O–H groups in total. The van der Waals surface area contributed by atoms with E-state index >= 15 is 0 Å². The second-order valence-electron chi connectivity index (χ2n) is 3.92. The second-order valence-corrected chi connectivity index (χ2v) is 6.36. The Labute approximate surface area is 97.7 Å². The SMILES string of the molecule is CN(c1ccc(Br)s1)C(C)(C)CCO. The van der Waals surface area contributed by atoms with Gasteiger partial charge in [0, 0.05) is 19.2 Å². The van der Waals surface area contributed by atoms with Crippen LogP contribution < -0.4 is 4.90 Å². The molecule has 0 bridgehead atoms. The maximum Gasteiger partial charge on any atom is 0.0922 e. The van der Waals surface area contributed by atoms with E-state index in [2.05, 4.69) is 47.8 Å². The molecule has 1 heterocycles. The average molecular weight is 278 g/mol. The summed E-state index contributed by atoms with van der Waals surface area (Å²) in [7, 11) is 2.06. The molecule has 1 aromatic rings. The lowest BCUT2D eigenvalue weighted by Gasteiger charge is -2.36. The van der Waals surface area contributed by atoms with E-state index in [0.717, 1.165) is 10.2 Å². The Bertz CT molecular complexity index is 298. The van der Waals surface area contributed by atoms with Gasteiger partial charge in [0.15, 0.2) is 0 Å². The fraction of sp³-hybridized carbons (Fsp3) is 0.600. The molecule has 0 saturated carbocycles. The molecule has 80 valence electrons. The van der Waals surface area contributed by atoms with Crippen molar-refractivity contribution in [3.05, 3.63) is 15.9 Å². The van der Waals surface area contributed by atoms with E-state index in [4.69, 9.17) is 5.11 Å². The molecule has 1 aromatic heterocycles. The van der Waals surface area contributed by atoms with Gasteiger partial charge in [-0.15, -0.1) is 11.3 Å². The summed E-state index contributed by atoms with van der Waals surface area (Å²) in [5.74, 6) is 0. The number of halogens is 1. The summed E-state index contributed by atoms with van der Waals surface area (Å²) < 4.78 is 1.14. The molecule has 0 aliphatic rings. The summed E-state index contributed by atoms with van der Waals surface area (Å²) in [4.78, 5) is 2.21. The first-order valence-corrected chi connectivity index (χ1v) is 6.18. The fourth-order valence-corrected chi connectivity index (χ4v) is 2.71. The van der Waals surface area contributed by atoms with Gasteiger partial charge in [0.2, 0.25) is 0 Å². The number of nitrogens with zero attached hydrogens (tertiary/aromatic N) is 1. The zero-order valence-corrected chi connectivity index (χ0v) is 11.2. The van der Waals surface area contributed by atoms with Crippen LogP contribution in [-0.4, -0.2) is 24.3 Å². The van der Waals surface area contributed by atoms with Gasteiger partial charge < -0.3 is 10.0 Å². The number of aliphatic hydroxyl groups is 1. The molecule has 0 unspecified atom stereocenters. The molecule has 0 amide bonds. The summed E-state index contributed by atoms with van der Waals surface area (Å²) >= 11 is 5.16. The topological polar surface area (TPSA) is 23.5 Å². The molecule has 0 atom stereocenters. The van der Waals surface area contributed by atoms with E-state index in [1.165, 1.54) is 5.00 Å². The molecule has 0 fully saturated rings. The van der Waals surface area contributed by atoms with Gasteiger partial charge in [-0.1, -0.05) is 0 Å². The summed E-state index contributed by atoms with van der Waals surface area (Å²) in [5.41, 5.74) is -0.000949. The Morgan fingerprint density at radius 3 is 2.57 bits per heavy atom. The van der Waals surface area contributed by atoms with Crippen LogP contribution in [0.15, 0.2) is 15.9 Å². The highest BCUT2D eigenvalue weighted by molar-refractivity contribution is 9.11. The maximum atomic E-state index is 8.97. The van der Waals surface area contributed by atoms with E-state index < -0.39 is 0 Å². The Balaban J connectivity index is 2.78. The fourth-order valence-electron chi connectivity index (χ4n) is 1.22. The Morgan fingerprint density at radius 2 is 2.14 bits per heavy atom. The van der Waals surface area contributed by atoms with Crippen LogP contribution in [0.25, 0.3) is 0 Å². The van der Waals surface area contributed by atoms with Crippen LogP contribution in [0.4, 0.5) is 5.00 Å². The summed E-state index contributed by atoms with van der Waals surface area (Å²) in [6, 6.07) is 4.14. The minimum Gasteiger partial charge on any atom is -0.396 e. The zero-order chi connectivity index (χ0) is 10.8. The van der Waals surface area contributed by atoms with Crippen LogP contribution in [0.3, 0.4) is 0 Å². The van der Waals surface area contributed by atoms with E-state index in [0.29, 0.717) is 0 Å². The van der Waals surface area contributed by atoms with Crippen molar-refractivity contribution in [3.8, 4) is 0 Å². The van der Waals surface area contributed by atoms with Crippen LogP contribution in [0, 0.1) is 0 Å². The highest BCUT2D eigenvalue weighted by atomic mass is 79.9. The van der Waals surface area contributed by atoms with Crippen LogP contribution in [0.1, 0.15) is 20.3 Å². The molecular formula is C10H16BrNOS. The number of rotatable bonds is 4.